The van der Waals surface area contributed by atoms with Gasteiger partial charge in [-0.2, -0.15) is 0 Å². The lowest BCUT2D eigenvalue weighted by molar-refractivity contribution is -0.142. The first-order valence-corrected chi connectivity index (χ1v) is 5.67. The lowest BCUT2D eigenvalue weighted by Crippen LogP contribution is -2.24. The molecule has 0 fully saturated rings. The van der Waals surface area contributed by atoms with Crippen molar-refractivity contribution < 1.29 is 19.4 Å². The molecule has 0 amide bonds. The molecule has 0 spiro atoms. The Morgan fingerprint density at radius 1 is 1.59 bits per heavy atom. The normalized spacial score (nSPS) is 20.0. The summed E-state index contributed by atoms with van der Waals surface area (Å²) in [5.74, 6) is 0.314. The predicted molar refractivity (Wildman–Crippen MR) is 62.6 cm³/mol. The van der Waals surface area contributed by atoms with E-state index in [1.165, 1.54) is 0 Å². The van der Waals surface area contributed by atoms with Crippen molar-refractivity contribution in [3.8, 4) is 11.5 Å². The topological polar surface area (TPSA) is 55.8 Å². The molecule has 0 aromatic heterocycles. The number of ether oxygens (including phenoxy) is 2. The third-order valence-electron chi connectivity index (χ3n) is 3.30. The maximum Gasteiger partial charge on any atom is 0.306 e. The molecule has 1 heterocycles. The van der Waals surface area contributed by atoms with Crippen molar-refractivity contribution in [1.82, 2.24) is 0 Å². The number of carboxylic acids is 1. The Hall–Kier alpha value is -1.71. The van der Waals surface area contributed by atoms with Gasteiger partial charge in [-0.1, -0.05) is 6.92 Å². The molecule has 0 bridgehead atoms. The van der Waals surface area contributed by atoms with E-state index in [-0.39, 0.29) is 5.92 Å². The van der Waals surface area contributed by atoms with Crippen LogP contribution < -0.4 is 9.47 Å². The molecule has 1 aromatic rings. The predicted octanol–water partition coefficient (Wildman–Crippen LogP) is 2.28. The quantitative estimate of drug-likeness (QED) is 0.874. The van der Waals surface area contributed by atoms with Crippen LogP contribution in [-0.4, -0.2) is 24.8 Å². The monoisotopic (exact) mass is 236 g/mol. The first-order chi connectivity index (χ1) is 8.13. The minimum Gasteiger partial charge on any atom is -0.497 e. The lowest BCUT2D eigenvalue weighted by atomic mass is 9.83. The standard InChI is InChI=1S/C13H16O4/c1-8(13(14)15)10-5-6-17-12-4-3-9(16-2)7-11(10)12/h3-4,7-8,10H,5-6H2,1-2H3,(H,14,15). The number of hydrogen-bond acceptors (Lipinski definition) is 3. The van der Waals surface area contributed by atoms with Crippen LogP contribution in [0.15, 0.2) is 18.2 Å². The van der Waals surface area contributed by atoms with Crippen molar-refractivity contribution in [2.75, 3.05) is 13.7 Å². The molecule has 1 N–H and O–H groups in total. The summed E-state index contributed by atoms with van der Waals surface area (Å²) in [6.07, 6.45) is 0.730. The van der Waals surface area contributed by atoms with Crippen LogP contribution in [-0.2, 0) is 4.79 Å². The van der Waals surface area contributed by atoms with Gasteiger partial charge in [0.1, 0.15) is 11.5 Å². The second-order valence-corrected chi connectivity index (χ2v) is 4.27. The Morgan fingerprint density at radius 3 is 3.00 bits per heavy atom. The zero-order valence-electron chi connectivity index (χ0n) is 9.97. The van der Waals surface area contributed by atoms with Gasteiger partial charge in [-0.05, 0) is 24.6 Å². The number of fused-ring (bicyclic) bond motifs is 1. The van der Waals surface area contributed by atoms with E-state index in [1.807, 2.05) is 18.2 Å². The van der Waals surface area contributed by atoms with Crippen LogP contribution in [0.1, 0.15) is 24.8 Å². The summed E-state index contributed by atoms with van der Waals surface area (Å²) >= 11 is 0. The average molecular weight is 236 g/mol. The summed E-state index contributed by atoms with van der Waals surface area (Å²) in [5, 5.41) is 9.11. The third kappa shape index (κ3) is 2.20. The third-order valence-corrected chi connectivity index (χ3v) is 3.30. The Kier molecular flexibility index (Phi) is 3.22. The summed E-state index contributed by atoms with van der Waals surface area (Å²) in [6.45, 7) is 2.31. The molecule has 0 saturated heterocycles. The highest BCUT2D eigenvalue weighted by molar-refractivity contribution is 5.71. The van der Waals surface area contributed by atoms with E-state index in [0.717, 1.165) is 23.5 Å². The van der Waals surface area contributed by atoms with Gasteiger partial charge in [-0.25, -0.2) is 0 Å². The number of benzene rings is 1. The Morgan fingerprint density at radius 2 is 2.35 bits per heavy atom. The molecule has 92 valence electrons. The number of aliphatic carboxylic acids is 1. The second-order valence-electron chi connectivity index (χ2n) is 4.27. The van der Waals surface area contributed by atoms with Crippen LogP contribution >= 0.6 is 0 Å². The molecule has 17 heavy (non-hydrogen) atoms. The van der Waals surface area contributed by atoms with E-state index in [2.05, 4.69) is 0 Å². The molecule has 2 rings (SSSR count). The minimum absolute atomic E-state index is 0.00801. The Bertz CT molecular complexity index is 427. The van der Waals surface area contributed by atoms with Gasteiger partial charge in [-0.3, -0.25) is 4.79 Å². The van der Waals surface area contributed by atoms with Crippen molar-refractivity contribution in [3.63, 3.8) is 0 Å². The van der Waals surface area contributed by atoms with E-state index in [9.17, 15) is 4.79 Å². The first kappa shape index (κ1) is 11.8. The fraction of sp³-hybridized carbons (Fsp3) is 0.462. The van der Waals surface area contributed by atoms with Gasteiger partial charge in [-0.15, -0.1) is 0 Å². The number of methoxy groups -OCH3 is 1. The molecule has 1 aliphatic heterocycles. The lowest BCUT2D eigenvalue weighted by Gasteiger charge is -2.28. The molecule has 4 heteroatoms. The molecule has 0 saturated carbocycles. The molecular weight excluding hydrogens is 220 g/mol. The average Bonchev–Trinajstić information content (AvgIpc) is 2.36. The first-order valence-electron chi connectivity index (χ1n) is 5.67. The minimum atomic E-state index is -0.773. The highest BCUT2D eigenvalue weighted by Gasteiger charge is 2.30. The van der Waals surface area contributed by atoms with Gasteiger partial charge in [0.15, 0.2) is 0 Å². The van der Waals surface area contributed by atoms with E-state index in [1.54, 1.807) is 14.0 Å². The van der Waals surface area contributed by atoms with Crippen molar-refractivity contribution in [2.45, 2.75) is 19.3 Å². The molecule has 0 aliphatic carbocycles. The van der Waals surface area contributed by atoms with Gasteiger partial charge >= 0.3 is 5.97 Å². The summed E-state index contributed by atoms with van der Waals surface area (Å²) in [7, 11) is 1.60. The highest BCUT2D eigenvalue weighted by atomic mass is 16.5. The second kappa shape index (κ2) is 4.65. The molecule has 1 aromatic carbocycles. The zero-order valence-corrected chi connectivity index (χ0v) is 9.97. The van der Waals surface area contributed by atoms with Gasteiger partial charge in [0.25, 0.3) is 0 Å². The van der Waals surface area contributed by atoms with Gasteiger partial charge < -0.3 is 14.6 Å². The SMILES string of the molecule is COc1ccc2c(c1)C(C(C)C(=O)O)CCO2. The summed E-state index contributed by atoms with van der Waals surface area (Å²) in [4.78, 5) is 11.1. The van der Waals surface area contributed by atoms with Crippen LogP contribution in [0.5, 0.6) is 11.5 Å². The van der Waals surface area contributed by atoms with Crippen molar-refractivity contribution in [3.05, 3.63) is 23.8 Å². The number of carbonyl (C=O) groups is 1. The number of hydrogen-bond donors (Lipinski definition) is 1. The highest BCUT2D eigenvalue weighted by Crippen LogP contribution is 2.40. The maximum atomic E-state index is 11.1. The smallest absolute Gasteiger partial charge is 0.306 e. The molecule has 2 atom stereocenters. The van der Waals surface area contributed by atoms with Crippen LogP contribution in [0.4, 0.5) is 0 Å². The van der Waals surface area contributed by atoms with Crippen LogP contribution in [0.3, 0.4) is 0 Å². The van der Waals surface area contributed by atoms with Gasteiger partial charge in [0.2, 0.25) is 0 Å². The summed E-state index contributed by atoms with van der Waals surface area (Å²) < 4.78 is 10.7. The molecule has 2 unspecified atom stereocenters. The molecule has 0 radical (unpaired) electrons. The van der Waals surface area contributed by atoms with E-state index >= 15 is 0 Å². The van der Waals surface area contributed by atoms with Crippen molar-refractivity contribution in [2.24, 2.45) is 5.92 Å². The molecule has 4 nitrogen and oxygen atoms in total. The van der Waals surface area contributed by atoms with E-state index in [4.69, 9.17) is 14.6 Å². The fourth-order valence-electron chi connectivity index (χ4n) is 2.22. The summed E-state index contributed by atoms with van der Waals surface area (Å²) in [5.41, 5.74) is 0.936. The largest absolute Gasteiger partial charge is 0.497 e. The molecular formula is C13H16O4. The van der Waals surface area contributed by atoms with Crippen LogP contribution in [0.2, 0.25) is 0 Å². The zero-order chi connectivity index (χ0) is 12.4. The van der Waals surface area contributed by atoms with Crippen molar-refractivity contribution >= 4 is 5.97 Å². The Labute approximate surface area is 100 Å². The van der Waals surface area contributed by atoms with Gasteiger partial charge in [0.05, 0.1) is 19.6 Å². The van der Waals surface area contributed by atoms with Crippen LogP contribution in [0, 0.1) is 5.92 Å². The number of rotatable bonds is 3. The number of carboxylic acid groups (broad SMARTS) is 1. The van der Waals surface area contributed by atoms with Crippen LogP contribution in [0.25, 0.3) is 0 Å². The maximum absolute atomic E-state index is 11.1. The van der Waals surface area contributed by atoms with Gasteiger partial charge in [0, 0.05) is 11.5 Å². The van der Waals surface area contributed by atoms with Crippen molar-refractivity contribution in [1.29, 1.82) is 0 Å². The Balaban J connectivity index is 2.38. The summed E-state index contributed by atoms with van der Waals surface area (Å²) in [6, 6.07) is 5.54. The molecule has 1 aliphatic rings. The van der Waals surface area contributed by atoms with E-state index < -0.39 is 11.9 Å². The fourth-order valence-corrected chi connectivity index (χ4v) is 2.22. The van der Waals surface area contributed by atoms with E-state index in [0.29, 0.717) is 6.61 Å².